The first-order valence-electron chi connectivity index (χ1n) is 19.2. The van der Waals surface area contributed by atoms with E-state index in [0.29, 0.717) is 5.89 Å². The third-order valence-electron chi connectivity index (χ3n) is 10.9. The van der Waals surface area contributed by atoms with Gasteiger partial charge in [-0.3, -0.25) is 0 Å². The standard InChI is InChI=1S/C53H34N2O2/c1-3-11-35(12-4-1)36-21-26-42(27-22-36)55(44-18-9-17-41(31-44)46-20-10-16-38-13-7-8-19-45(38)46)43-28-23-37(24-29-43)40-25-30-47-48-33-52-49(34-51(48)56-50(47)32-40)54-53(57-52)39-14-5-2-6-15-39/h1-34H. The molecule has 0 N–H and O–H groups in total. The minimum absolute atomic E-state index is 0.605. The molecule has 0 aliphatic rings. The Morgan fingerprint density at radius 3 is 1.70 bits per heavy atom. The van der Waals surface area contributed by atoms with Crippen LogP contribution in [0.25, 0.3) is 88.6 Å². The van der Waals surface area contributed by atoms with Crippen molar-refractivity contribution in [1.29, 1.82) is 0 Å². The van der Waals surface area contributed by atoms with Crippen molar-refractivity contribution in [2.75, 3.05) is 4.90 Å². The zero-order valence-electron chi connectivity index (χ0n) is 30.8. The Morgan fingerprint density at radius 1 is 0.333 bits per heavy atom. The van der Waals surface area contributed by atoms with Crippen LogP contribution >= 0.6 is 0 Å². The summed E-state index contributed by atoms with van der Waals surface area (Å²) >= 11 is 0. The zero-order valence-corrected chi connectivity index (χ0v) is 30.8. The van der Waals surface area contributed by atoms with Gasteiger partial charge in [0.15, 0.2) is 5.58 Å². The van der Waals surface area contributed by atoms with Gasteiger partial charge in [0.1, 0.15) is 16.7 Å². The molecule has 57 heavy (non-hydrogen) atoms. The molecule has 0 fully saturated rings. The summed E-state index contributed by atoms with van der Waals surface area (Å²) in [5.41, 5.74) is 14.3. The second kappa shape index (κ2) is 13.6. The quantitative estimate of drug-likeness (QED) is 0.164. The number of aromatic nitrogens is 1. The molecule has 0 radical (unpaired) electrons. The molecule has 9 aromatic carbocycles. The van der Waals surface area contributed by atoms with E-state index >= 15 is 0 Å². The Kier molecular flexibility index (Phi) is 7.78. The summed E-state index contributed by atoms with van der Waals surface area (Å²) in [6, 6.07) is 72.6. The fraction of sp³-hybridized carbons (Fsp3) is 0. The number of furan rings is 1. The highest BCUT2D eigenvalue weighted by molar-refractivity contribution is 6.09. The van der Waals surface area contributed by atoms with Crippen molar-refractivity contribution in [3.05, 3.63) is 206 Å². The Bertz CT molecular complexity index is 3210. The van der Waals surface area contributed by atoms with Crippen molar-refractivity contribution < 1.29 is 8.83 Å². The molecule has 4 heteroatoms. The summed E-state index contributed by atoms with van der Waals surface area (Å²) in [6.45, 7) is 0. The van der Waals surface area contributed by atoms with Gasteiger partial charge < -0.3 is 13.7 Å². The smallest absolute Gasteiger partial charge is 0.227 e. The second-order valence-electron chi connectivity index (χ2n) is 14.4. The summed E-state index contributed by atoms with van der Waals surface area (Å²) in [7, 11) is 0. The average Bonchev–Trinajstić information content (AvgIpc) is 3.87. The predicted octanol–water partition coefficient (Wildman–Crippen LogP) is 15.0. The van der Waals surface area contributed by atoms with Crippen molar-refractivity contribution in [3.63, 3.8) is 0 Å². The van der Waals surface area contributed by atoms with Gasteiger partial charge in [-0.1, -0.05) is 133 Å². The van der Waals surface area contributed by atoms with Crippen LogP contribution < -0.4 is 4.90 Å². The molecule has 0 atom stereocenters. The number of rotatable bonds is 7. The Morgan fingerprint density at radius 2 is 0.930 bits per heavy atom. The zero-order chi connectivity index (χ0) is 37.7. The molecule has 0 bridgehead atoms. The summed E-state index contributed by atoms with van der Waals surface area (Å²) in [5, 5.41) is 4.52. The number of anilines is 3. The first-order chi connectivity index (χ1) is 28.2. The van der Waals surface area contributed by atoms with Gasteiger partial charge in [-0.15, -0.1) is 0 Å². The van der Waals surface area contributed by atoms with E-state index in [9.17, 15) is 0 Å². The number of benzene rings is 9. The van der Waals surface area contributed by atoms with Gasteiger partial charge in [-0.2, -0.15) is 0 Å². The van der Waals surface area contributed by atoms with Crippen LogP contribution in [0.4, 0.5) is 17.1 Å². The largest absolute Gasteiger partial charge is 0.456 e. The first kappa shape index (κ1) is 32.7. The fourth-order valence-electron chi connectivity index (χ4n) is 8.05. The lowest BCUT2D eigenvalue weighted by molar-refractivity contribution is 0.620. The highest BCUT2D eigenvalue weighted by atomic mass is 16.4. The first-order valence-corrected chi connectivity index (χ1v) is 19.2. The van der Waals surface area contributed by atoms with E-state index in [1.807, 2.05) is 42.5 Å². The fourth-order valence-corrected chi connectivity index (χ4v) is 8.05. The molecule has 0 aliphatic carbocycles. The van der Waals surface area contributed by atoms with Crippen molar-refractivity contribution in [1.82, 2.24) is 4.98 Å². The van der Waals surface area contributed by atoms with Crippen LogP contribution in [-0.2, 0) is 0 Å². The molecule has 2 aromatic heterocycles. The molecule has 0 saturated carbocycles. The predicted molar refractivity (Wildman–Crippen MR) is 235 cm³/mol. The maximum absolute atomic E-state index is 6.44. The highest BCUT2D eigenvalue weighted by Crippen LogP contribution is 2.41. The molecular weight excluding hydrogens is 697 g/mol. The third-order valence-corrected chi connectivity index (χ3v) is 10.9. The molecule has 4 nitrogen and oxygen atoms in total. The summed E-state index contributed by atoms with van der Waals surface area (Å²) in [6.07, 6.45) is 0. The van der Waals surface area contributed by atoms with Crippen LogP contribution in [0.3, 0.4) is 0 Å². The van der Waals surface area contributed by atoms with Gasteiger partial charge in [0.2, 0.25) is 5.89 Å². The molecule has 0 saturated heterocycles. The van der Waals surface area contributed by atoms with E-state index in [1.165, 1.54) is 33.0 Å². The van der Waals surface area contributed by atoms with E-state index in [4.69, 9.17) is 13.8 Å². The van der Waals surface area contributed by atoms with E-state index in [-0.39, 0.29) is 0 Å². The molecule has 11 rings (SSSR count). The minimum atomic E-state index is 0.605. The Balaban J connectivity index is 0.960. The van der Waals surface area contributed by atoms with E-state index in [1.54, 1.807) is 0 Å². The lowest BCUT2D eigenvalue weighted by atomic mass is 9.97. The molecule has 2 heterocycles. The van der Waals surface area contributed by atoms with Crippen molar-refractivity contribution in [2.45, 2.75) is 0 Å². The van der Waals surface area contributed by atoms with Crippen LogP contribution in [0.5, 0.6) is 0 Å². The third kappa shape index (κ3) is 5.92. The number of nitrogens with zero attached hydrogens (tertiary/aromatic N) is 2. The maximum atomic E-state index is 6.44. The van der Waals surface area contributed by atoms with E-state index in [2.05, 4.69) is 169 Å². The monoisotopic (exact) mass is 730 g/mol. The van der Waals surface area contributed by atoms with Crippen LogP contribution in [0.2, 0.25) is 0 Å². The van der Waals surface area contributed by atoms with E-state index < -0.39 is 0 Å². The van der Waals surface area contributed by atoms with Crippen LogP contribution in [-0.4, -0.2) is 4.98 Å². The molecule has 0 spiro atoms. The van der Waals surface area contributed by atoms with Crippen molar-refractivity contribution >= 4 is 60.9 Å². The van der Waals surface area contributed by atoms with Crippen molar-refractivity contribution in [2.24, 2.45) is 0 Å². The summed E-state index contributed by atoms with van der Waals surface area (Å²) in [4.78, 5) is 7.09. The molecule has 0 aliphatic heterocycles. The maximum Gasteiger partial charge on any atom is 0.227 e. The van der Waals surface area contributed by atoms with Crippen LogP contribution in [0.15, 0.2) is 215 Å². The average molecular weight is 731 g/mol. The van der Waals surface area contributed by atoms with Crippen molar-refractivity contribution in [3.8, 4) is 44.8 Å². The number of fused-ring (bicyclic) bond motifs is 5. The van der Waals surface area contributed by atoms with Gasteiger partial charge >= 0.3 is 0 Å². The van der Waals surface area contributed by atoms with E-state index in [0.717, 1.165) is 66.8 Å². The number of hydrogen-bond acceptors (Lipinski definition) is 4. The Labute approximate surface area is 329 Å². The van der Waals surface area contributed by atoms with Gasteiger partial charge in [0.05, 0.1) is 0 Å². The lowest BCUT2D eigenvalue weighted by Gasteiger charge is -2.26. The van der Waals surface area contributed by atoms with Crippen LogP contribution in [0, 0.1) is 0 Å². The SMILES string of the molecule is c1ccc(-c2ccc(N(c3ccc(-c4ccc5c(c4)oc4cc6nc(-c7ccccc7)oc6cc45)cc3)c3cccc(-c4cccc5ccccc45)c3)cc2)cc1. The molecule has 0 unspecified atom stereocenters. The summed E-state index contributed by atoms with van der Waals surface area (Å²) < 4.78 is 12.6. The molecular formula is C53H34N2O2. The lowest BCUT2D eigenvalue weighted by Crippen LogP contribution is -2.10. The Hall–Kier alpha value is -7.69. The van der Waals surface area contributed by atoms with Crippen LogP contribution in [0.1, 0.15) is 0 Å². The number of hydrogen-bond donors (Lipinski definition) is 0. The molecule has 11 aromatic rings. The molecule has 268 valence electrons. The van der Waals surface area contributed by atoms with Gasteiger partial charge in [0, 0.05) is 39.5 Å². The van der Waals surface area contributed by atoms with Gasteiger partial charge in [0.25, 0.3) is 0 Å². The normalized spacial score (nSPS) is 11.5. The summed E-state index contributed by atoms with van der Waals surface area (Å²) in [5.74, 6) is 0.605. The highest BCUT2D eigenvalue weighted by Gasteiger charge is 2.17. The topological polar surface area (TPSA) is 42.4 Å². The second-order valence-corrected chi connectivity index (χ2v) is 14.4. The molecule has 0 amide bonds. The number of oxazole rings is 1. The van der Waals surface area contributed by atoms with Gasteiger partial charge in [-0.25, -0.2) is 4.98 Å². The minimum Gasteiger partial charge on any atom is -0.456 e. The van der Waals surface area contributed by atoms with Gasteiger partial charge in [-0.05, 0) is 111 Å².